The summed E-state index contributed by atoms with van der Waals surface area (Å²) < 4.78 is 0. The van der Waals surface area contributed by atoms with E-state index in [1.165, 1.54) is 0 Å². The van der Waals surface area contributed by atoms with E-state index in [9.17, 15) is 4.79 Å². The van der Waals surface area contributed by atoms with Crippen LogP contribution < -0.4 is 20.9 Å². The topological polar surface area (TPSA) is 82.2 Å². The summed E-state index contributed by atoms with van der Waals surface area (Å²) in [5.41, 5.74) is 0. The van der Waals surface area contributed by atoms with Crippen molar-refractivity contribution in [2.24, 2.45) is 5.92 Å². The largest absolute Gasteiger partial charge is 0.373 e. The lowest BCUT2D eigenvalue weighted by Gasteiger charge is -2.28. The highest BCUT2D eigenvalue weighted by Gasteiger charge is 2.27. The van der Waals surface area contributed by atoms with Gasteiger partial charge in [-0.3, -0.25) is 0 Å². The van der Waals surface area contributed by atoms with E-state index in [1.807, 2.05) is 13.1 Å². The average molecular weight is 344 g/mol. The van der Waals surface area contributed by atoms with Crippen LogP contribution in [0, 0.1) is 5.92 Å². The van der Waals surface area contributed by atoms with Crippen molar-refractivity contribution in [3.63, 3.8) is 0 Å². The van der Waals surface area contributed by atoms with Crippen molar-refractivity contribution >= 4 is 17.7 Å². The fraction of sp³-hybridized carbons (Fsp3) is 0.611. The molecule has 2 amide bonds. The zero-order valence-electron chi connectivity index (χ0n) is 15.0. The maximum absolute atomic E-state index is 12.3. The Bertz CT molecular complexity index is 619. The SMILES string of the molecule is CNc1cc(N2CCCC2CNC(=O)N[C@@H]2CC=CC[C@H]2C)ncn1. The zero-order valence-corrected chi connectivity index (χ0v) is 15.0. The molecule has 2 heterocycles. The molecule has 7 heteroatoms. The molecule has 1 unspecified atom stereocenters. The first-order valence-electron chi connectivity index (χ1n) is 9.13. The number of aromatic nitrogens is 2. The summed E-state index contributed by atoms with van der Waals surface area (Å²) in [7, 11) is 1.85. The molecule has 1 saturated heterocycles. The predicted molar refractivity (Wildman–Crippen MR) is 99.8 cm³/mol. The van der Waals surface area contributed by atoms with Crippen LogP contribution in [0.15, 0.2) is 24.5 Å². The fourth-order valence-corrected chi connectivity index (χ4v) is 3.57. The van der Waals surface area contributed by atoms with Gasteiger partial charge < -0.3 is 20.9 Å². The summed E-state index contributed by atoms with van der Waals surface area (Å²) in [6.07, 6.45) is 10.0. The smallest absolute Gasteiger partial charge is 0.315 e. The maximum atomic E-state index is 12.3. The summed E-state index contributed by atoms with van der Waals surface area (Å²) in [5.74, 6) is 2.20. The molecule has 1 aromatic rings. The number of hydrogen-bond donors (Lipinski definition) is 3. The fourth-order valence-electron chi connectivity index (χ4n) is 3.57. The van der Waals surface area contributed by atoms with Gasteiger partial charge in [-0.05, 0) is 31.6 Å². The number of rotatable bonds is 5. The molecule has 3 rings (SSSR count). The molecule has 3 atom stereocenters. The Morgan fingerprint density at radius 1 is 1.32 bits per heavy atom. The minimum Gasteiger partial charge on any atom is -0.373 e. The molecule has 0 bridgehead atoms. The van der Waals surface area contributed by atoms with Crippen LogP contribution in [-0.4, -0.2) is 48.2 Å². The molecule has 1 aliphatic heterocycles. The lowest BCUT2D eigenvalue weighted by molar-refractivity contribution is 0.230. The summed E-state index contributed by atoms with van der Waals surface area (Å²) in [6, 6.07) is 2.38. The van der Waals surface area contributed by atoms with Crippen molar-refractivity contribution in [3.8, 4) is 0 Å². The van der Waals surface area contributed by atoms with Gasteiger partial charge in [0.2, 0.25) is 0 Å². The second kappa shape index (κ2) is 8.18. The Kier molecular flexibility index (Phi) is 5.73. The number of nitrogens with one attached hydrogen (secondary N) is 3. The van der Waals surface area contributed by atoms with Gasteiger partial charge in [0.15, 0.2) is 0 Å². The number of hydrogen-bond acceptors (Lipinski definition) is 5. The minimum atomic E-state index is -0.0717. The molecule has 2 aliphatic rings. The van der Waals surface area contributed by atoms with E-state index >= 15 is 0 Å². The van der Waals surface area contributed by atoms with Gasteiger partial charge in [-0.2, -0.15) is 0 Å². The molecule has 25 heavy (non-hydrogen) atoms. The Morgan fingerprint density at radius 2 is 2.16 bits per heavy atom. The lowest BCUT2D eigenvalue weighted by Crippen LogP contribution is -2.49. The molecular weight excluding hydrogens is 316 g/mol. The summed E-state index contributed by atoms with van der Waals surface area (Å²) in [4.78, 5) is 23.1. The van der Waals surface area contributed by atoms with E-state index < -0.39 is 0 Å². The van der Waals surface area contributed by atoms with Crippen LogP contribution in [0.1, 0.15) is 32.6 Å². The van der Waals surface area contributed by atoms with Crippen molar-refractivity contribution < 1.29 is 4.79 Å². The molecule has 1 aliphatic carbocycles. The Labute approximate surface area is 149 Å². The number of carbonyl (C=O) groups excluding carboxylic acids is 1. The van der Waals surface area contributed by atoms with E-state index in [2.05, 4.69) is 49.9 Å². The van der Waals surface area contributed by atoms with Gasteiger partial charge in [-0.15, -0.1) is 0 Å². The van der Waals surface area contributed by atoms with Gasteiger partial charge >= 0.3 is 6.03 Å². The highest BCUT2D eigenvalue weighted by Crippen LogP contribution is 2.24. The van der Waals surface area contributed by atoms with Crippen molar-refractivity contribution in [2.75, 3.05) is 30.4 Å². The Morgan fingerprint density at radius 3 is 2.96 bits per heavy atom. The average Bonchev–Trinajstić information content (AvgIpc) is 3.10. The normalized spacial score (nSPS) is 25.7. The number of allylic oxidation sites excluding steroid dienone is 1. The second-order valence-electron chi connectivity index (χ2n) is 6.88. The van der Waals surface area contributed by atoms with Crippen LogP contribution in [0.2, 0.25) is 0 Å². The van der Waals surface area contributed by atoms with Crippen molar-refractivity contribution in [3.05, 3.63) is 24.5 Å². The second-order valence-corrected chi connectivity index (χ2v) is 6.88. The van der Waals surface area contributed by atoms with Crippen LogP contribution in [0.4, 0.5) is 16.4 Å². The van der Waals surface area contributed by atoms with Crippen LogP contribution in [-0.2, 0) is 0 Å². The van der Waals surface area contributed by atoms with Crippen molar-refractivity contribution in [2.45, 2.75) is 44.7 Å². The standard InChI is InChI=1S/C18H28N6O/c1-13-6-3-4-8-15(13)23-18(25)20-11-14-7-5-9-24(14)17-10-16(19-2)21-12-22-17/h3-4,10,12-15H,5-9,11H2,1-2H3,(H,19,21,22)(H2,20,23,25)/t13-,14?,15-/m1/s1. The van der Waals surface area contributed by atoms with Gasteiger partial charge in [-0.1, -0.05) is 19.1 Å². The third-order valence-electron chi connectivity index (χ3n) is 5.15. The summed E-state index contributed by atoms with van der Waals surface area (Å²) in [6.45, 7) is 3.77. The van der Waals surface area contributed by atoms with E-state index in [1.54, 1.807) is 6.33 Å². The van der Waals surface area contributed by atoms with Gasteiger partial charge in [0.1, 0.15) is 18.0 Å². The number of anilines is 2. The number of amides is 2. The van der Waals surface area contributed by atoms with Crippen LogP contribution >= 0.6 is 0 Å². The number of carbonyl (C=O) groups is 1. The molecule has 0 aromatic carbocycles. The van der Waals surface area contributed by atoms with E-state index in [0.29, 0.717) is 12.5 Å². The highest BCUT2D eigenvalue weighted by atomic mass is 16.2. The molecular formula is C18H28N6O. The molecule has 0 spiro atoms. The first-order chi connectivity index (χ1) is 12.2. The van der Waals surface area contributed by atoms with Crippen LogP contribution in [0.5, 0.6) is 0 Å². The van der Waals surface area contributed by atoms with E-state index in [0.717, 1.165) is 43.9 Å². The van der Waals surface area contributed by atoms with Gasteiger partial charge in [0.05, 0.1) is 0 Å². The number of urea groups is 1. The first-order valence-corrected chi connectivity index (χ1v) is 9.13. The van der Waals surface area contributed by atoms with Gasteiger partial charge in [-0.25, -0.2) is 14.8 Å². The molecule has 1 aromatic heterocycles. The molecule has 3 N–H and O–H groups in total. The van der Waals surface area contributed by atoms with Crippen molar-refractivity contribution in [1.29, 1.82) is 0 Å². The lowest BCUT2D eigenvalue weighted by atomic mass is 9.91. The van der Waals surface area contributed by atoms with Crippen LogP contribution in [0.3, 0.4) is 0 Å². The van der Waals surface area contributed by atoms with Crippen molar-refractivity contribution in [1.82, 2.24) is 20.6 Å². The Hall–Kier alpha value is -2.31. The molecule has 1 fully saturated rings. The molecule has 0 radical (unpaired) electrons. The van der Waals surface area contributed by atoms with Gasteiger partial charge in [0.25, 0.3) is 0 Å². The first kappa shape index (κ1) is 17.5. The van der Waals surface area contributed by atoms with E-state index in [4.69, 9.17) is 0 Å². The number of nitrogens with zero attached hydrogens (tertiary/aromatic N) is 3. The summed E-state index contributed by atoms with van der Waals surface area (Å²) >= 11 is 0. The quantitative estimate of drug-likeness (QED) is 0.713. The monoisotopic (exact) mass is 344 g/mol. The molecule has 0 saturated carbocycles. The maximum Gasteiger partial charge on any atom is 0.315 e. The third kappa shape index (κ3) is 4.41. The minimum absolute atomic E-state index is 0.0717. The summed E-state index contributed by atoms with van der Waals surface area (Å²) in [5, 5.41) is 9.20. The van der Waals surface area contributed by atoms with E-state index in [-0.39, 0.29) is 18.1 Å². The predicted octanol–water partition coefficient (Wildman–Crippen LogP) is 2.14. The van der Waals surface area contributed by atoms with Gasteiger partial charge in [0, 0.05) is 38.3 Å². The highest BCUT2D eigenvalue weighted by molar-refractivity contribution is 5.74. The third-order valence-corrected chi connectivity index (χ3v) is 5.15. The zero-order chi connectivity index (χ0) is 17.6. The Balaban J connectivity index is 1.53. The van der Waals surface area contributed by atoms with Crippen LogP contribution in [0.25, 0.3) is 0 Å². The molecule has 136 valence electrons. The molecule has 7 nitrogen and oxygen atoms in total.